The fourth-order valence-corrected chi connectivity index (χ4v) is 2.49. The predicted molar refractivity (Wildman–Crippen MR) is 79.0 cm³/mol. The third-order valence-corrected chi connectivity index (χ3v) is 3.65. The van der Waals surface area contributed by atoms with Crippen molar-refractivity contribution in [1.29, 1.82) is 0 Å². The minimum absolute atomic E-state index is 0.147. The number of nitrogens with zero attached hydrogens (tertiary/aromatic N) is 5. The maximum Gasteiger partial charge on any atom is 0.241 e. The number of nitrogens with one attached hydrogen (secondary N) is 1. The van der Waals surface area contributed by atoms with E-state index < -0.39 is 5.60 Å². The number of hydrogen-bond donors (Lipinski definition) is 2. The Morgan fingerprint density at radius 2 is 2.14 bits per heavy atom. The van der Waals surface area contributed by atoms with Crippen molar-refractivity contribution in [3.8, 4) is 0 Å². The Balaban J connectivity index is 1.51. The summed E-state index contributed by atoms with van der Waals surface area (Å²) < 4.78 is 1.54. The first-order chi connectivity index (χ1) is 10.6. The van der Waals surface area contributed by atoms with Gasteiger partial charge in [-0.2, -0.15) is 5.10 Å². The molecule has 2 N–H and O–H groups in total. The number of β-amino-alcohol motifs (C(OH)–C–C–N with tert-alkyl or cyclic N) is 1. The summed E-state index contributed by atoms with van der Waals surface area (Å²) in [5.41, 5.74) is -0.959. The van der Waals surface area contributed by atoms with Crippen molar-refractivity contribution in [3.05, 3.63) is 36.9 Å². The van der Waals surface area contributed by atoms with Crippen molar-refractivity contribution in [3.63, 3.8) is 0 Å². The Bertz CT molecular complexity index is 618. The van der Waals surface area contributed by atoms with Crippen molar-refractivity contribution in [1.82, 2.24) is 25.1 Å². The van der Waals surface area contributed by atoms with E-state index in [-0.39, 0.29) is 19.0 Å². The highest BCUT2D eigenvalue weighted by atomic mass is 16.3. The molecule has 0 saturated carbocycles. The Morgan fingerprint density at radius 1 is 1.32 bits per heavy atom. The SMILES string of the molecule is O=C(Cn1cccn1)NC[C@]1(O)CCN(c2ncccn2)C1. The lowest BCUT2D eigenvalue weighted by Crippen LogP contribution is -2.45. The standard InChI is InChI=1S/C14H18N6O2/c21-12(9-20-7-2-6-18-20)17-10-14(22)3-8-19(11-14)13-15-4-1-5-16-13/h1-2,4-7,22H,3,8-11H2,(H,17,21)/t14-/m1/s1. The van der Waals surface area contributed by atoms with Crippen LogP contribution in [0.2, 0.25) is 0 Å². The van der Waals surface area contributed by atoms with Crippen LogP contribution in [0.1, 0.15) is 6.42 Å². The van der Waals surface area contributed by atoms with Gasteiger partial charge in [-0.05, 0) is 18.6 Å². The maximum atomic E-state index is 11.8. The molecule has 0 radical (unpaired) electrons. The van der Waals surface area contributed by atoms with Gasteiger partial charge in [-0.15, -0.1) is 0 Å². The number of aromatic nitrogens is 4. The fourth-order valence-electron chi connectivity index (χ4n) is 2.49. The lowest BCUT2D eigenvalue weighted by atomic mass is 10.0. The van der Waals surface area contributed by atoms with Gasteiger partial charge in [0.05, 0.1) is 6.54 Å². The molecule has 1 aliphatic heterocycles. The Morgan fingerprint density at radius 3 is 2.86 bits per heavy atom. The second-order valence-corrected chi connectivity index (χ2v) is 5.43. The lowest BCUT2D eigenvalue weighted by molar-refractivity contribution is -0.122. The summed E-state index contributed by atoms with van der Waals surface area (Å²) in [5, 5.41) is 17.3. The second kappa shape index (κ2) is 6.10. The van der Waals surface area contributed by atoms with Crippen LogP contribution < -0.4 is 10.2 Å². The first kappa shape index (κ1) is 14.5. The predicted octanol–water partition coefficient (Wildman–Crippen LogP) is -0.569. The molecule has 2 aromatic heterocycles. The van der Waals surface area contributed by atoms with Crippen LogP contribution in [0.3, 0.4) is 0 Å². The first-order valence-electron chi connectivity index (χ1n) is 7.13. The van der Waals surface area contributed by atoms with E-state index in [1.54, 1.807) is 36.9 Å². The number of carbonyl (C=O) groups is 1. The highest BCUT2D eigenvalue weighted by Crippen LogP contribution is 2.23. The summed E-state index contributed by atoms with van der Waals surface area (Å²) >= 11 is 0. The zero-order valence-corrected chi connectivity index (χ0v) is 12.1. The maximum absolute atomic E-state index is 11.8. The third kappa shape index (κ3) is 3.40. The molecule has 1 atom stereocenters. The van der Waals surface area contributed by atoms with Crippen LogP contribution in [0, 0.1) is 0 Å². The molecule has 0 bridgehead atoms. The largest absolute Gasteiger partial charge is 0.386 e. The summed E-state index contributed by atoms with van der Waals surface area (Å²) in [7, 11) is 0. The van der Waals surface area contributed by atoms with Gasteiger partial charge in [0.25, 0.3) is 0 Å². The zero-order valence-electron chi connectivity index (χ0n) is 12.1. The lowest BCUT2D eigenvalue weighted by Gasteiger charge is -2.23. The third-order valence-electron chi connectivity index (χ3n) is 3.65. The van der Waals surface area contributed by atoms with Gasteiger partial charge < -0.3 is 15.3 Å². The molecule has 1 aliphatic rings. The molecule has 8 heteroatoms. The highest BCUT2D eigenvalue weighted by Gasteiger charge is 2.37. The van der Waals surface area contributed by atoms with Gasteiger partial charge in [0.15, 0.2) is 0 Å². The van der Waals surface area contributed by atoms with Gasteiger partial charge in [-0.25, -0.2) is 9.97 Å². The van der Waals surface area contributed by atoms with E-state index in [1.807, 2.05) is 4.90 Å². The Kier molecular flexibility index (Phi) is 4.01. The van der Waals surface area contributed by atoms with Crippen LogP contribution in [0.4, 0.5) is 5.95 Å². The molecule has 0 unspecified atom stereocenters. The number of amides is 1. The molecule has 0 aliphatic carbocycles. The van der Waals surface area contributed by atoms with Crippen LogP contribution in [0.5, 0.6) is 0 Å². The molecule has 1 amide bonds. The average Bonchev–Trinajstić information content (AvgIpc) is 3.17. The van der Waals surface area contributed by atoms with Gasteiger partial charge >= 0.3 is 0 Å². The van der Waals surface area contributed by atoms with E-state index in [2.05, 4.69) is 20.4 Å². The summed E-state index contributed by atoms with van der Waals surface area (Å²) in [6.45, 7) is 1.42. The Labute approximate surface area is 127 Å². The number of carbonyl (C=O) groups excluding carboxylic acids is 1. The average molecular weight is 302 g/mol. The fraction of sp³-hybridized carbons (Fsp3) is 0.429. The minimum Gasteiger partial charge on any atom is -0.386 e. The van der Waals surface area contributed by atoms with Crippen LogP contribution >= 0.6 is 0 Å². The molecule has 116 valence electrons. The van der Waals surface area contributed by atoms with Crippen molar-refractivity contribution < 1.29 is 9.90 Å². The van der Waals surface area contributed by atoms with E-state index in [1.165, 1.54) is 4.68 Å². The van der Waals surface area contributed by atoms with Crippen molar-refractivity contribution in [2.45, 2.75) is 18.6 Å². The summed E-state index contributed by atoms with van der Waals surface area (Å²) in [6, 6.07) is 3.51. The first-order valence-corrected chi connectivity index (χ1v) is 7.13. The monoisotopic (exact) mass is 302 g/mol. The molecule has 3 heterocycles. The topological polar surface area (TPSA) is 96.2 Å². The van der Waals surface area contributed by atoms with Gasteiger partial charge in [-0.1, -0.05) is 0 Å². The molecular weight excluding hydrogens is 284 g/mol. The van der Waals surface area contributed by atoms with Crippen LogP contribution in [-0.4, -0.2) is 56.0 Å². The highest BCUT2D eigenvalue weighted by molar-refractivity contribution is 5.75. The molecule has 0 aromatic carbocycles. The molecule has 8 nitrogen and oxygen atoms in total. The van der Waals surface area contributed by atoms with Crippen LogP contribution in [0.15, 0.2) is 36.9 Å². The smallest absolute Gasteiger partial charge is 0.241 e. The Hall–Kier alpha value is -2.48. The van der Waals surface area contributed by atoms with Gasteiger partial charge in [0, 0.05) is 37.9 Å². The van der Waals surface area contributed by atoms with Crippen molar-refractivity contribution >= 4 is 11.9 Å². The van der Waals surface area contributed by atoms with Crippen molar-refractivity contribution in [2.75, 3.05) is 24.5 Å². The van der Waals surface area contributed by atoms with E-state index in [0.717, 1.165) is 0 Å². The number of anilines is 1. The van der Waals surface area contributed by atoms with Gasteiger partial charge in [-0.3, -0.25) is 9.48 Å². The van der Waals surface area contributed by atoms with Crippen molar-refractivity contribution in [2.24, 2.45) is 0 Å². The molecule has 0 spiro atoms. The van der Waals surface area contributed by atoms with E-state index in [9.17, 15) is 9.90 Å². The summed E-state index contributed by atoms with van der Waals surface area (Å²) in [6.07, 6.45) is 7.25. The quantitative estimate of drug-likeness (QED) is 0.768. The number of hydrogen-bond acceptors (Lipinski definition) is 6. The van der Waals surface area contributed by atoms with E-state index in [4.69, 9.17) is 0 Å². The van der Waals surface area contributed by atoms with Gasteiger partial charge in [0.1, 0.15) is 12.1 Å². The van der Waals surface area contributed by atoms with Gasteiger partial charge in [0.2, 0.25) is 11.9 Å². The molecular formula is C14H18N6O2. The summed E-state index contributed by atoms with van der Waals surface area (Å²) in [5.74, 6) is 0.424. The second-order valence-electron chi connectivity index (χ2n) is 5.43. The number of rotatable bonds is 5. The molecule has 3 rings (SSSR count). The molecule has 2 aromatic rings. The summed E-state index contributed by atoms with van der Waals surface area (Å²) in [4.78, 5) is 22.1. The van der Waals surface area contributed by atoms with E-state index in [0.29, 0.717) is 25.5 Å². The van der Waals surface area contributed by atoms with Crippen LogP contribution in [0.25, 0.3) is 0 Å². The minimum atomic E-state index is -0.959. The zero-order chi connectivity index (χ0) is 15.4. The van der Waals surface area contributed by atoms with Crippen LogP contribution in [-0.2, 0) is 11.3 Å². The number of aliphatic hydroxyl groups is 1. The van der Waals surface area contributed by atoms with E-state index >= 15 is 0 Å². The normalized spacial score (nSPS) is 21.0. The molecule has 1 fully saturated rings. The molecule has 1 saturated heterocycles. The molecule has 22 heavy (non-hydrogen) atoms.